The van der Waals surface area contributed by atoms with Crippen molar-refractivity contribution in [1.29, 1.82) is 0 Å². The maximum absolute atomic E-state index is 6.92. The van der Waals surface area contributed by atoms with Gasteiger partial charge in [-0.05, 0) is 0 Å². The minimum absolute atomic E-state index is 0.722. The molecule has 0 N–H and O–H groups in total. The predicted octanol–water partition coefficient (Wildman–Crippen LogP) is 6.02. The van der Waals surface area contributed by atoms with Gasteiger partial charge in [0.25, 0.3) is 0 Å². The summed E-state index contributed by atoms with van der Waals surface area (Å²) in [7, 11) is 3.38. The predicted molar refractivity (Wildman–Crippen MR) is 92.2 cm³/mol. The van der Waals surface area contributed by atoms with E-state index in [1.807, 2.05) is 62.6 Å². The summed E-state index contributed by atoms with van der Waals surface area (Å²) in [5.41, 5.74) is 0. The molecule has 0 spiro atoms. The topological polar surface area (TPSA) is 27.7 Å². The molecule has 3 nitrogen and oxygen atoms in total. The van der Waals surface area contributed by atoms with E-state index in [1.54, 1.807) is 14.2 Å². The van der Waals surface area contributed by atoms with Crippen molar-refractivity contribution in [2.45, 2.75) is 32.6 Å². The van der Waals surface area contributed by atoms with Crippen molar-refractivity contribution in [3.05, 3.63) is 52.4 Å². The van der Waals surface area contributed by atoms with Crippen LogP contribution in [0.1, 0.15) is 6.42 Å². The van der Waals surface area contributed by atoms with Crippen LogP contribution in [0.3, 0.4) is 0 Å². The average Bonchev–Trinajstić information content (AvgIpc) is 2.97. The second-order valence-electron chi connectivity index (χ2n) is 13.0. The van der Waals surface area contributed by atoms with Gasteiger partial charge in [-0.2, -0.15) is 0 Å². The van der Waals surface area contributed by atoms with Crippen LogP contribution < -0.4 is 3.32 Å². The van der Waals surface area contributed by atoms with E-state index in [2.05, 4.69) is 12.2 Å². The van der Waals surface area contributed by atoms with Crippen LogP contribution in [0.4, 0.5) is 0 Å². The molecular formula is C18H31O3Ti. The zero-order valence-electron chi connectivity index (χ0n) is 15.1. The van der Waals surface area contributed by atoms with Gasteiger partial charge in [0.2, 0.25) is 0 Å². The summed E-state index contributed by atoms with van der Waals surface area (Å²) in [6.07, 6.45) is 6.93. The van der Waals surface area contributed by atoms with Gasteiger partial charge in [0.05, 0.1) is 0 Å². The molecule has 0 saturated carbocycles. The Morgan fingerprint density at radius 2 is 1.41 bits per heavy atom. The molecule has 1 aromatic rings. The molecule has 0 amide bonds. The fourth-order valence-corrected chi connectivity index (χ4v) is 11.3. The van der Waals surface area contributed by atoms with Crippen molar-refractivity contribution < 1.29 is 21.3 Å². The van der Waals surface area contributed by atoms with E-state index < -0.39 is 11.3 Å². The van der Waals surface area contributed by atoms with Crippen molar-refractivity contribution in [1.82, 2.24) is 0 Å². The van der Waals surface area contributed by atoms with Crippen LogP contribution in [0.15, 0.2) is 52.4 Å². The van der Waals surface area contributed by atoms with Crippen molar-refractivity contribution in [3.8, 4) is 5.75 Å². The first kappa shape index (κ1) is 17.5. The van der Waals surface area contributed by atoms with E-state index in [9.17, 15) is 0 Å². The Labute approximate surface area is 126 Å². The monoisotopic (exact) mass is 343 g/mol. The van der Waals surface area contributed by atoms with Crippen LogP contribution in [0.5, 0.6) is 5.75 Å². The van der Waals surface area contributed by atoms with Gasteiger partial charge in [-0.1, -0.05) is 0 Å². The van der Waals surface area contributed by atoms with Crippen LogP contribution in [-0.2, 0) is 18.0 Å². The standard InChI is InChI=1S/C6H6O.C5H5.2CH3O.5CH3.Ti/c7-6-4-2-1-3-5-6;1-2-4-5-3-1;2*1-2;;;;;;/h1-5,7H;1-3H,4H2;2*1H3;5*1H3;/q;;2*-1;;;;;;+3/p-1. The van der Waals surface area contributed by atoms with Crippen LogP contribution >= 0.6 is 0 Å². The maximum atomic E-state index is 6.92. The average molecular weight is 343 g/mol. The summed E-state index contributed by atoms with van der Waals surface area (Å²) in [4.78, 5) is 0. The summed E-state index contributed by atoms with van der Waals surface area (Å²) in [5.74, 6) is 0.722. The first-order valence-electron chi connectivity index (χ1n) is 8.01. The number of hydrogen-bond donors (Lipinski definition) is 0. The molecule has 4 heteroatoms. The SMILES string of the molecule is C[O][Ti]([CH3])([CH3])([CH3])([CH3])([CH3])([O]C)([O]c1ccccc1)[C]1=CC=CC1. The quantitative estimate of drug-likeness (QED) is 0.612. The van der Waals surface area contributed by atoms with E-state index >= 15 is 0 Å². The van der Waals surface area contributed by atoms with E-state index in [1.165, 1.54) is 0 Å². The fraction of sp³-hybridized carbons (Fsp3) is 0.444. The van der Waals surface area contributed by atoms with Crippen LogP contribution in [0.2, 0.25) is 26.1 Å². The minimum atomic E-state index is -6.35. The Hall–Kier alpha value is -0.866. The normalized spacial score (nSPS) is 24.7. The number of benzene rings is 1. The Kier molecular flexibility index (Phi) is 2.08. The van der Waals surface area contributed by atoms with E-state index in [0.29, 0.717) is 0 Å². The van der Waals surface area contributed by atoms with Crippen LogP contribution in [0, 0.1) is 0 Å². The molecular weight excluding hydrogens is 312 g/mol. The first-order chi connectivity index (χ1) is 9.52. The number of hydrogen-bond acceptors (Lipinski definition) is 3. The molecule has 0 radical (unpaired) electrons. The number of rotatable bonds is 5. The third kappa shape index (κ3) is 2.00. The number of allylic oxidation sites excluding steroid dienone is 4. The van der Waals surface area contributed by atoms with Gasteiger partial charge >= 0.3 is 126 Å². The molecule has 0 aliphatic heterocycles. The third-order valence-corrected chi connectivity index (χ3v) is 24.1. The van der Waals surface area contributed by atoms with E-state index in [0.717, 1.165) is 16.0 Å². The fourth-order valence-electron chi connectivity index (χ4n) is 3.33. The van der Waals surface area contributed by atoms with Gasteiger partial charge in [0.15, 0.2) is 0 Å². The molecule has 1 aliphatic carbocycles. The van der Waals surface area contributed by atoms with Crippen molar-refractivity contribution in [3.63, 3.8) is 0 Å². The Bertz CT molecular complexity index is 769. The van der Waals surface area contributed by atoms with Crippen LogP contribution in [0.25, 0.3) is 0 Å². The van der Waals surface area contributed by atoms with Crippen molar-refractivity contribution in [2.24, 2.45) is 0 Å². The molecule has 125 valence electrons. The summed E-state index contributed by atoms with van der Waals surface area (Å²) in [6.45, 7) is 0. The number of para-hydroxylation sites is 1. The second-order valence-corrected chi connectivity index (χ2v) is 46.4. The van der Waals surface area contributed by atoms with Gasteiger partial charge in [0, 0.05) is 0 Å². The third-order valence-electron chi connectivity index (χ3n) is 6.85. The molecule has 0 fully saturated rings. The zero-order valence-corrected chi connectivity index (χ0v) is 16.6. The molecule has 0 saturated heterocycles. The molecule has 1 aliphatic rings. The van der Waals surface area contributed by atoms with Crippen molar-refractivity contribution in [2.75, 3.05) is 14.2 Å². The molecule has 0 heterocycles. The zero-order chi connectivity index (χ0) is 17.0. The molecule has 0 aromatic heterocycles. The molecule has 0 bridgehead atoms. The van der Waals surface area contributed by atoms with Gasteiger partial charge in [-0.25, -0.2) is 0 Å². The summed E-state index contributed by atoms with van der Waals surface area (Å²) >= 11 is -6.35. The van der Waals surface area contributed by atoms with Gasteiger partial charge in [-0.15, -0.1) is 0 Å². The van der Waals surface area contributed by atoms with Gasteiger partial charge < -0.3 is 0 Å². The Balaban J connectivity index is 3.02. The summed E-state index contributed by atoms with van der Waals surface area (Å²) < 4.78 is 21.0. The molecule has 1 aromatic carbocycles. The summed E-state index contributed by atoms with van der Waals surface area (Å²) in [5, 5.41) is 10.2. The molecule has 0 unspecified atom stereocenters. The molecule has 0 atom stereocenters. The first-order valence-corrected chi connectivity index (χ1v) is 18.5. The van der Waals surface area contributed by atoms with E-state index in [4.69, 9.17) is 9.96 Å². The van der Waals surface area contributed by atoms with Gasteiger partial charge in [-0.3, -0.25) is 0 Å². The molecule has 2 rings (SSSR count). The van der Waals surface area contributed by atoms with E-state index in [-0.39, 0.29) is 0 Å². The second kappa shape index (κ2) is 2.61. The Morgan fingerprint density at radius 1 is 0.864 bits per heavy atom. The van der Waals surface area contributed by atoms with Crippen LogP contribution in [-0.4, -0.2) is 14.2 Å². The summed E-state index contributed by atoms with van der Waals surface area (Å²) in [6, 6.07) is 9.73. The Morgan fingerprint density at radius 3 is 1.82 bits per heavy atom. The van der Waals surface area contributed by atoms with Gasteiger partial charge in [0.1, 0.15) is 0 Å². The molecule has 22 heavy (non-hydrogen) atoms. The van der Waals surface area contributed by atoms with Crippen molar-refractivity contribution >= 4 is 0 Å².